The van der Waals surface area contributed by atoms with Gasteiger partial charge in [0.25, 0.3) is 0 Å². The van der Waals surface area contributed by atoms with Crippen molar-refractivity contribution in [1.29, 1.82) is 0 Å². The number of rotatable bonds is 3. The molecule has 1 aliphatic heterocycles. The predicted molar refractivity (Wildman–Crippen MR) is 97.5 cm³/mol. The van der Waals surface area contributed by atoms with Crippen LogP contribution in [0.25, 0.3) is 0 Å². The van der Waals surface area contributed by atoms with Gasteiger partial charge in [0.1, 0.15) is 6.04 Å². The lowest BCUT2D eigenvalue weighted by Crippen LogP contribution is -2.36. The third kappa shape index (κ3) is 2.59. The van der Waals surface area contributed by atoms with Crippen LogP contribution in [-0.4, -0.2) is 26.3 Å². The molecule has 24 heavy (non-hydrogen) atoms. The topological polar surface area (TPSA) is 59.8 Å². The Morgan fingerprint density at radius 1 is 1.46 bits per heavy atom. The molecule has 2 aromatic heterocycles. The lowest BCUT2D eigenvalue weighted by Gasteiger charge is -2.37. The number of carbonyl (C=O) groups excluding carboxylic acids is 1. The summed E-state index contributed by atoms with van der Waals surface area (Å²) in [5, 5.41) is 10.9. The molecular weight excluding hydrogens is 340 g/mol. The quantitative estimate of drug-likeness (QED) is 0.835. The van der Waals surface area contributed by atoms with Crippen molar-refractivity contribution in [2.75, 3.05) is 11.1 Å². The molecule has 7 heteroatoms. The molecule has 0 bridgehead atoms. The van der Waals surface area contributed by atoms with E-state index in [1.807, 2.05) is 16.1 Å². The summed E-state index contributed by atoms with van der Waals surface area (Å²) in [5.74, 6) is 1.89. The van der Waals surface area contributed by atoms with Crippen molar-refractivity contribution >= 4 is 34.8 Å². The van der Waals surface area contributed by atoms with Crippen LogP contribution in [0.1, 0.15) is 44.5 Å². The minimum Gasteiger partial charge on any atom is -0.328 e. The minimum atomic E-state index is -0.154. The molecule has 0 saturated carbocycles. The first kappa shape index (κ1) is 15.9. The van der Waals surface area contributed by atoms with E-state index < -0.39 is 0 Å². The zero-order valence-electron chi connectivity index (χ0n) is 14.0. The van der Waals surface area contributed by atoms with Gasteiger partial charge >= 0.3 is 0 Å². The molecule has 1 aliphatic carbocycles. The number of hydrogen-bond donors (Lipinski definition) is 1. The molecule has 0 spiro atoms. The van der Waals surface area contributed by atoms with Crippen LogP contribution in [0.5, 0.6) is 0 Å². The van der Waals surface area contributed by atoms with Crippen LogP contribution in [0, 0.1) is 5.41 Å². The predicted octanol–water partition coefficient (Wildman–Crippen LogP) is 4.11. The summed E-state index contributed by atoms with van der Waals surface area (Å²) in [5.41, 5.74) is 1.86. The summed E-state index contributed by atoms with van der Waals surface area (Å²) >= 11 is 3.28. The Morgan fingerprint density at radius 2 is 2.29 bits per heavy atom. The van der Waals surface area contributed by atoms with Gasteiger partial charge < -0.3 is 5.32 Å². The maximum absolute atomic E-state index is 12.9. The number of ketones is 1. The molecule has 126 valence electrons. The van der Waals surface area contributed by atoms with Crippen molar-refractivity contribution in [3.05, 3.63) is 33.7 Å². The lowest BCUT2D eigenvalue weighted by atomic mass is 9.73. The molecule has 1 atom stereocenters. The fraction of sp³-hybridized carbons (Fsp3) is 0.471. The fourth-order valence-corrected chi connectivity index (χ4v) is 4.86. The van der Waals surface area contributed by atoms with Gasteiger partial charge in [0, 0.05) is 22.6 Å². The van der Waals surface area contributed by atoms with E-state index in [0.29, 0.717) is 6.42 Å². The molecule has 0 aromatic carbocycles. The Hall–Kier alpha value is -1.60. The Kier molecular flexibility index (Phi) is 3.80. The van der Waals surface area contributed by atoms with Gasteiger partial charge in [-0.3, -0.25) is 4.79 Å². The molecule has 1 N–H and O–H groups in total. The number of Topliss-reactive ketones (excluding diaryl/α,β-unsaturated/α-hetero) is 1. The molecule has 2 aliphatic rings. The molecule has 5 nitrogen and oxygen atoms in total. The standard InChI is InChI=1S/C17H20N4OS2/c1-4-23-16-19-15-18-10-8-17(2,3)9-11(22)13(10)14(21(15)20-16)12-6-5-7-24-12/h5-7,14H,4,8-9H2,1-3H3,(H,18,19,20). The fourth-order valence-electron chi connectivity index (χ4n) is 3.49. The third-order valence-corrected chi connectivity index (χ3v) is 6.04. The van der Waals surface area contributed by atoms with E-state index in [1.165, 1.54) is 0 Å². The second kappa shape index (κ2) is 5.74. The largest absolute Gasteiger partial charge is 0.328 e. The Balaban J connectivity index is 1.86. The maximum atomic E-state index is 12.9. The van der Waals surface area contributed by atoms with E-state index >= 15 is 0 Å². The molecule has 0 fully saturated rings. The van der Waals surface area contributed by atoms with E-state index in [2.05, 4.69) is 42.2 Å². The molecule has 4 rings (SSSR count). The Bertz CT molecular complexity index is 820. The van der Waals surface area contributed by atoms with Gasteiger partial charge in [-0.15, -0.1) is 16.4 Å². The molecular formula is C17H20N4OS2. The third-order valence-electron chi connectivity index (χ3n) is 4.40. The van der Waals surface area contributed by atoms with Crippen LogP contribution >= 0.6 is 23.1 Å². The van der Waals surface area contributed by atoms with Gasteiger partial charge in [-0.25, -0.2) is 4.68 Å². The van der Waals surface area contributed by atoms with Crippen LogP contribution in [0.4, 0.5) is 5.95 Å². The van der Waals surface area contributed by atoms with Gasteiger partial charge in [-0.1, -0.05) is 38.6 Å². The first-order valence-corrected chi connectivity index (χ1v) is 10.0. The van der Waals surface area contributed by atoms with Crippen molar-refractivity contribution in [3.8, 4) is 0 Å². The zero-order valence-corrected chi connectivity index (χ0v) is 15.6. The number of thiophene rings is 1. The van der Waals surface area contributed by atoms with Gasteiger partial charge in [0.15, 0.2) is 5.78 Å². The summed E-state index contributed by atoms with van der Waals surface area (Å²) in [6.45, 7) is 6.38. The smallest absolute Gasteiger partial charge is 0.227 e. The van der Waals surface area contributed by atoms with Crippen LogP contribution in [0.15, 0.2) is 33.9 Å². The van der Waals surface area contributed by atoms with E-state index in [4.69, 9.17) is 0 Å². The number of allylic oxidation sites excluding steroid dienone is 2. The van der Waals surface area contributed by atoms with Crippen LogP contribution in [0.2, 0.25) is 0 Å². The second-order valence-electron chi connectivity index (χ2n) is 6.97. The lowest BCUT2D eigenvalue weighted by molar-refractivity contribution is -0.118. The van der Waals surface area contributed by atoms with Crippen molar-refractivity contribution in [2.45, 2.75) is 44.8 Å². The molecule has 0 saturated heterocycles. The average Bonchev–Trinajstić information content (AvgIpc) is 3.12. The second-order valence-corrected chi connectivity index (χ2v) is 9.18. The van der Waals surface area contributed by atoms with E-state index in [-0.39, 0.29) is 17.2 Å². The molecule has 1 unspecified atom stereocenters. The van der Waals surface area contributed by atoms with E-state index in [1.54, 1.807) is 23.1 Å². The van der Waals surface area contributed by atoms with Crippen molar-refractivity contribution < 1.29 is 4.79 Å². The maximum Gasteiger partial charge on any atom is 0.227 e. The van der Waals surface area contributed by atoms with Gasteiger partial charge in [-0.05, 0) is 29.0 Å². The number of nitrogens with zero attached hydrogens (tertiary/aromatic N) is 3. The molecule has 3 heterocycles. The minimum absolute atomic E-state index is 0.0217. The SMILES string of the molecule is CCSc1nc2n(n1)C(c1cccs1)C1=C(CC(C)(C)CC1=O)N2. The average molecular weight is 361 g/mol. The Labute approximate surface area is 149 Å². The molecule has 0 radical (unpaired) electrons. The normalized spacial score (nSPS) is 22.1. The highest BCUT2D eigenvalue weighted by Gasteiger charge is 2.42. The summed E-state index contributed by atoms with van der Waals surface area (Å²) in [7, 11) is 0. The first-order valence-electron chi connectivity index (χ1n) is 8.14. The number of nitrogens with one attached hydrogen (secondary N) is 1. The summed E-state index contributed by atoms with van der Waals surface area (Å²) in [6.07, 6.45) is 1.44. The molecule has 0 amide bonds. The molecule has 2 aromatic rings. The van der Waals surface area contributed by atoms with Crippen molar-refractivity contribution in [1.82, 2.24) is 14.8 Å². The first-order chi connectivity index (χ1) is 11.5. The van der Waals surface area contributed by atoms with Crippen molar-refractivity contribution in [3.63, 3.8) is 0 Å². The summed E-state index contributed by atoms with van der Waals surface area (Å²) in [4.78, 5) is 18.7. The van der Waals surface area contributed by atoms with E-state index in [9.17, 15) is 4.79 Å². The van der Waals surface area contributed by atoms with Gasteiger partial charge in [0.2, 0.25) is 11.1 Å². The van der Waals surface area contributed by atoms with Gasteiger partial charge in [0.05, 0.1) is 0 Å². The highest BCUT2D eigenvalue weighted by molar-refractivity contribution is 7.99. The zero-order chi connectivity index (χ0) is 16.9. The number of thioether (sulfide) groups is 1. The van der Waals surface area contributed by atoms with E-state index in [0.717, 1.165) is 39.4 Å². The number of hydrogen-bond acceptors (Lipinski definition) is 6. The Morgan fingerprint density at radius 3 is 3.00 bits per heavy atom. The van der Waals surface area contributed by atoms with Gasteiger partial charge in [-0.2, -0.15) is 4.98 Å². The number of anilines is 1. The highest BCUT2D eigenvalue weighted by atomic mass is 32.2. The summed E-state index contributed by atoms with van der Waals surface area (Å²) < 4.78 is 1.89. The van der Waals surface area contributed by atoms with Crippen LogP contribution in [-0.2, 0) is 4.79 Å². The van der Waals surface area contributed by atoms with Crippen LogP contribution < -0.4 is 5.32 Å². The number of aromatic nitrogens is 3. The number of carbonyl (C=O) groups is 1. The monoisotopic (exact) mass is 360 g/mol. The highest BCUT2D eigenvalue weighted by Crippen LogP contribution is 2.46. The van der Waals surface area contributed by atoms with Crippen molar-refractivity contribution in [2.24, 2.45) is 5.41 Å². The number of fused-ring (bicyclic) bond motifs is 1. The van der Waals surface area contributed by atoms with Crippen LogP contribution in [0.3, 0.4) is 0 Å². The summed E-state index contributed by atoms with van der Waals surface area (Å²) in [6, 6.07) is 3.95.